The zero-order chi connectivity index (χ0) is 25.3. The van der Waals surface area contributed by atoms with Crippen molar-refractivity contribution in [1.82, 2.24) is 0 Å². The van der Waals surface area contributed by atoms with Crippen LogP contribution in [0.5, 0.6) is 0 Å². The molecule has 4 aromatic carbocycles. The predicted molar refractivity (Wildman–Crippen MR) is 151 cm³/mol. The summed E-state index contributed by atoms with van der Waals surface area (Å²) < 4.78 is 0. The van der Waals surface area contributed by atoms with Gasteiger partial charge in [-0.05, 0) is 10.8 Å². The van der Waals surface area contributed by atoms with E-state index in [-0.39, 0.29) is 61.8 Å². The molecule has 0 atom stereocenters. The summed E-state index contributed by atoms with van der Waals surface area (Å²) >= 11 is 0. The second-order valence-corrected chi connectivity index (χ2v) is 11.9. The fourth-order valence-electron chi connectivity index (χ4n) is 4.13. The van der Waals surface area contributed by atoms with Crippen molar-refractivity contribution in [2.75, 3.05) is 0 Å². The zero-order valence-corrected chi connectivity index (χ0v) is 28.2. The van der Waals surface area contributed by atoms with Crippen molar-refractivity contribution >= 4 is 0 Å². The van der Waals surface area contributed by atoms with Gasteiger partial charge in [-0.15, -0.1) is 81.9 Å². The molecule has 4 aromatic rings. The van der Waals surface area contributed by atoms with Gasteiger partial charge in [-0.1, -0.05) is 116 Å². The van der Waals surface area contributed by atoms with Gasteiger partial charge in [0.1, 0.15) is 0 Å². The second-order valence-electron chi connectivity index (χ2n) is 11.9. The first-order valence-corrected chi connectivity index (χ1v) is 12.5. The quantitative estimate of drug-likeness (QED) is 0.301. The van der Waals surface area contributed by atoms with Gasteiger partial charge in [0.05, 0.1) is 0 Å². The molecule has 0 spiro atoms. The molecule has 0 aliphatic rings. The molecule has 0 nitrogen and oxygen atoms in total. The van der Waals surface area contributed by atoms with Gasteiger partial charge in [0.15, 0.2) is 0 Å². The first-order valence-electron chi connectivity index (χ1n) is 12.5. The van der Waals surface area contributed by atoms with Gasteiger partial charge < -0.3 is 24.8 Å². The van der Waals surface area contributed by atoms with Crippen LogP contribution in [0.3, 0.4) is 0 Å². The monoisotopic (exact) mass is 610 g/mol. The maximum atomic E-state index is 2.27. The molecular formula is C34H42Cl2Zr. The molecule has 37 heavy (non-hydrogen) atoms. The molecule has 0 heterocycles. The number of hydrogen-bond donors (Lipinski definition) is 0. The maximum absolute atomic E-state index is 2.27. The Labute approximate surface area is 258 Å². The first kappa shape index (κ1) is 35.6. The number of rotatable bonds is 2. The molecule has 196 valence electrons. The zero-order valence-electron chi connectivity index (χ0n) is 24.2. The molecule has 0 fully saturated rings. The van der Waals surface area contributed by atoms with E-state index in [1.54, 1.807) is 0 Å². The summed E-state index contributed by atoms with van der Waals surface area (Å²) in [7, 11) is 0. The van der Waals surface area contributed by atoms with Gasteiger partial charge in [-0.3, -0.25) is 0 Å². The van der Waals surface area contributed by atoms with E-state index in [1.807, 2.05) is 0 Å². The normalized spacial score (nSPS) is 10.9. The standard InChI is InChI=1S/2C17H21.2ClH.Zr/c2*1-12-10-15(11-13(12)2)14-6-8-16(9-7-14)17(3,4)5;;;/h2*6-11H,1-5H3;2*1H;/q2*-1;;;+4/p-2. The SMILES string of the molecule is Cc1c[c-](-c2ccc(C(C)(C)C)cc2)cc1C.Cc1c[c-](-c2ccc(C(C)(C)C)cc2)cc1C.[Cl-].[Cl-].[Zr+4]. The summed E-state index contributed by atoms with van der Waals surface area (Å²) in [5.41, 5.74) is 14.0. The molecule has 0 unspecified atom stereocenters. The topological polar surface area (TPSA) is 0 Å². The van der Waals surface area contributed by atoms with Crippen LogP contribution in [0.1, 0.15) is 74.9 Å². The number of halogens is 2. The van der Waals surface area contributed by atoms with Crippen molar-refractivity contribution in [3.63, 3.8) is 0 Å². The smallest absolute Gasteiger partial charge is 1.00 e. The molecule has 3 heteroatoms. The molecule has 0 aliphatic heterocycles. The Bertz CT molecular complexity index is 1090. The largest absolute Gasteiger partial charge is 4.00 e. The van der Waals surface area contributed by atoms with Crippen LogP contribution >= 0.6 is 0 Å². The molecule has 0 saturated carbocycles. The number of benzene rings is 2. The summed E-state index contributed by atoms with van der Waals surface area (Å²) in [6.07, 6.45) is 0. The van der Waals surface area contributed by atoms with Crippen molar-refractivity contribution in [3.05, 3.63) is 106 Å². The summed E-state index contributed by atoms with van der Waals surface area (Å²) in [6.45, 7) is 22.2. The third-order valence-electron chi connectivity index (χ3n) is 6.90. The fourth-order valence-corrected chi connectivity index (χ4v) is 4.13. The van der Waals surface area contributed by atoms with E-state index in [9.17, 15) is 0 Å². The fraction of sp³-hybridized carbons (Fsp3) is 0.353. The summed E-state index contributed by atoms with van der Waals surface area (Å²) in [4.78, 5) is 0. The first-order chi connectivity index (χ1) is 15.8. The van der Waals surface area contributed by atoms with Gasteiger partial charge in [-0.2, -0.15) is 0 Å². The van der Waals surface area contributed by atoms with Crippen LogP contribution in [-0.2, 0) is 37.0 Å². The minimum atomic E-state index is 0. The number of aryl methyl sites for hydroxylation is 4. The van der Waals surface area contributed by atoms with Crippen LogP contribution in [0.15, 0.2) is 72.8 Å². The van der Waals surface area contributed by atoms with Crippen molar-refractivity contribution in [3.8, 4) is 22.3 Å². The third-order valence-corrected chi connectivity index (χ3v) is 6.90. The van der Waals surface area contributed by atoms with E-state index in [4.69, 9.17) is 0 Å². The van der Waals surface area contributed by atoms with E-state index in [2.05, 4.69) is 142 Å². The van der Waals surface area contributed by atoms with Crippen LogP contribution in [0, 0.1) is 27.7 Å². The Balaban J connectivity index is 0.000000648. The van der Waals surface area contributed by atoms with Crippen LogP contribution in [0.4, 0.5) is 0 Å². The Hall–Kier alpha value is -1.40. The molecule has 0 saturated heterocycles. The Morgan fingerprint density at radius 2 is 0.649 bits per heavy atom. The molecule has 0 radical (unpaired) electrons. The minimum absolute atomic E-state index is 0. The molecule has 4 rings (SSSR count). The average Bonchev–Trinajstić information content (AvgIpc) is 3.28. The van der Waals surface area contributed by atoms with E-state index in [1.165, 1.54) is 55.6 Å². The van der Waals surface area contributed by atoms with Crippen LogP contribution < -0.4 is 24.8 Å². The van der Waals surface area contributed by atoms with E-state index in [0.29, 0.717) is 0 Å². The molecule has 0 aromatic heterocycles. The summed E-state index contributed by atoms with van der Waals surface area (Å²) in [5, 5.41) is 0. The average molecular weight is 613 g/mol. The maximum Gasteiger partial charge on any atom is 4.00 e. The molecular weight excluding hydrogens is 571 g/mol. The summed E-state index contributed by atoms with van der Waals surface area (Å²) in [5.74, 6) is 0. The minimum Gasteiger partial charge on any atom is -1.00 e. The third kappa shape index (κ3) is 9.39. The molecule has 0 amide bonds. The van der Waals surface area contributed by atoms with Crippen LogP contribution in [0.25, 0.3) is 22.3 Å². The van der Waals surface area contributed by atoms with E-state index < -0.39 is 0 Å². The van der Waals surface area contributed by atoms with Gasteiger partial charge in [0.2, 0.25) is 0 Å². The van der Waals surface area contributed by atoms with E-state index >= 15 is 0 Å². The van der Waals surface area contributed by atoms with Crippen molar-refractivity contribution in [2.24, 2.45) is 0 Å². The molecule has 0 aliphatic carbocycles. The summed E-state index contributed by atoms with van der Waals surface area (Å²) in [6, 6.07) is 27.0. The van der Waals surface area contributed by atoms with Gasteiger partial charge in [-0.25, -0.2) is 0 Å². The number of hydrogen-bond acceptors (Lipinski definition) is 0. The van der Waals surface area contributed by atoms with Crippen molar-refractivity contribution < 1.29 is 51.0 Å². The molecule has 0 bridgehead atoms. The Morgan fingerprint density at radius 3 is 0.838 bits per heavy atom. The second kappa shape index (κ2) is 14.1. The Morgan fingerprint density at radius 1 is 0.432 bits per heavy atom. The van der Waals surface area contributed by atoms with Crippen LogP contribution in [0.2, 0.25) is 0 Å². The van der Waals surface area contributed by atoms with Gasteiger partial charge in [0, 0.05) is 0 Å². The Kier molecular flexibility index (Phi) is 13.6. The van der Waals surface area contributed by atoms with Crippen molar-refractivity contribution in [1.29, 1.82) is 0 Å². The van der Waals surface area contributed by atoms with E-state index in [0.717, 1.165) is 0 Å². The molecule has 0 N–H and O–H groups in total. The predicted octanol–water partition coefficient (Wildman–Crippen LogP) is 3.98. The van der Waals surface area contributed by atoms with Crippen LogP contribution in [-0.4, -0.2) is 0 Å². The van der Waals surface area contributed by atoms with Gasteiger partial charge in [0.25, 0.3) is 0 Å². The van der Waals surface area contributed by atoms with Gasteiger partial charge >= 0.3 is 26.2 Å². The van der Waals surface area contributed by atoms with Crippen molar-refractivity contribution in [2.45, 2.75) is 80.1 Å².